The highest BCUT2D eigenvalue weighted by molar-refractivity contribution is 5.96. The number of carbonyl (C=O) groups excluding carboxylic acids is 1. The zero-order valence-corrected chi connectivity index (χ0v) is 11.7. The van der Waals surface area contributed by atoms with Gasteiger partial charge < -0.3 is 10.2 Å². The molecule has 19 heavy (non-hydrogen) atoms. The molecule has 3 rings (SSSR count). The van der Waals surface area contributed by atoms with Crippen molar-refractivity contribution in [1.82, 2.24) is 20.4 Å². The molecule has 0 spiro atoms. The van der Waals surface area contributed by atoms with Crippen LogP contribution in [0, 0.1) is 13.8 Å². The second kappa shape index (κ2) is 4.96. The zero-order valence-electron chi connectivity index (χ0n) is 11.7. The fourth-order valence-corrected chi connectivity index (χ4v) is 2.94. The molecule has 0 aromatic carbocycles. The molecule has 2 heterocycles. The van der Waals surface area contributed by atoms with Gasteiger partial charge in [-0.2, -0.15) is 5.10 Å². The predicted molar refractivity (Wildman–Crippen MR) is 73.1 cm³/mol. The number of H-pyrrole nitrogens is 1. The number of rotatable bonds is 4. The van der Waals surface area contributed by atoms with Gasteiger partial charge in [0.2, 0.25) is 0 Å². The number of carbonyl (C=O) groups is 1. The number of aromatic nitrogens is 2. The fraction of sp³-hybridized carbons (Fsp3) is 0.714. The summed E-state index contributed by atoms with van der Waals surface area (Å²) in [4.78, 5) is 14.8. The third kappa shape index (κ3) is 2.52. The van der Waals surface area contributed by atoms with E-state index in [1.165, 1.54) is 12.8 Å². The number of amides is 1. The predicted octanol–water partition coefficient (Wildman–Crippen LogP) is 1.38. The van der Waals surface area contributed by atoms with Crippen LogP contribution in [0.15, 0.2) is 0 Å². The smallest absolute Gasteiger partial charge is 0.257 e. The average Bonchev–Trinajstić information content (AvgIpc) is 2.99. The van der Waals surface area contributed by atoms with Gasteiger partial charge in [-0.05, 0) is 46.1 Å². The summed E-state index contributed by atoms with van der Waals surface area (Å²) in [6.45, 7) is 5.75. The Kier molecular flexibility index (Phi) is 3.31. The lowest BCUT2D eigenvalue weighted by Crippen LogP contribution is -2.42. The summed E-state index contributed by atoms with van der Waals surface area (Å²) in [6.07, 6.45) is 4.70. The Morgan fingerprint density at radius 3 is 2.68 bits per heavy atom. The van der Waals surface area contributed by atoms with Crippen LogP contribution in [-0.4, -0.2) is 46.2 Å². The molecule has 5 heteroatoms. The standard InChI is InChI=1S/C14H22N4O/c1-9-13(10(2)17-16-9)14(19)18(12-5-6-12)8-11-4-3-7-15-11/h11-12,15H,3-8H2,1-2H3,(H,16,17). The monoisotopic (exact) mass is 262 g/mol. The van der Waals surface area contributed by atoms with Gasteiger partial charge in [-0.25, -0.2) is 0 Å². The maximum absolute atomic E-state index is 12.8. The van der Waals surface area contributed by atoms with E-state index < -0.39 is 0 Å². The molecule has 1 aromatic heterocycles. The van der Waals surface area contributed by atoms with Gasteiger partial charge in [0, 0.05) is 24.3 Å². The summed E-state index contributed by atoms with van der Waals surface area (Å²) in [5, 5.41) is 10.5. The largest absolute Gasteiger partial charge is 0.334 e. The molecule has 1 saturated carbocycles. The maximum Gasteiger partial charge on any atom is 0.257 e. The number of nitrogens with zero attached hydrogens (tertiary/aromatic N) is 2. The van der Waals surface area contributed by atoms with Crippen LogP contribution in [0.4, 0.5) is 0 Å². The van der Waals surface area contributed by atoms with Crippen molar-refractivity contribution in [2.24, 2.45) is 0 Å². The van der Waals surface area contributed by atoms with Gasteiger partial charge >= 0.3 is 0 Å². The summed E-state index contributed by atoms with van der Waals surface area (Å²) in [6, 6.07) is 0.917. The van der Waals surface area contributed by atoms with Crippen molar-refractivity contribution >= 4 is 5.91 Å². The minimum Gasteiger partial charge on any atom is -0.334 e. The van der Waals surface area contributed by atoms with Gasteiger partial charge in [0.05, 0.1) is 11.3 Å². The van der Waals surface area contributed by atoms with E-state index in [1.54, 1.807) is 0 Å². The molecule has 0 bridgehead atoms. The van der Waals surface area contributed by atoms with Gasteiger partial charge in [0.25, 0.3) is 5.91 Å². The van der Waals surface area contributed by atoms with E-state index in [2.05, 4.69) is 20.4 Å². The molecule has 1 aromatic rings. The first-order chi connectivity index (χ1) is 9.16. The quantitative estimate of drug-likeness (QED) is 0.862. The van der Waals surface area contributed by atoms with E-state index in [1.807, 2.05) is 13.8 Å². The highest BCUT2D eigenvalue weighted by atomic mass is 16.2. The molecule has 1 aliphatic heterocycles. The molecule has 1 unspecified atom stereocenters. The molecule has 2 fully saturated rings. The Morgan fingerprint density at radius 2 is 2.16 bits per heavy atom. The Bertz CT molecular complexity index is 452. The Hall–Kier alpha value is -1.36. The zero-order chi connectivity index (χ0) is 13.4. The Balaban J connectivity index is 1.77. The summed E-state index contributed by atoms with van der Waals surface area (Å²) in [5.74, 6) is 0.153. The molecule has 1 saturated heterocycles. The van der Waals surface area contributed by atoms with E-state index in [-0.39, 0.29) is 5.91 Å². The van der Waals surface area contributed by atoms with Crippen LogP contribution in [-0.2, 0) is 0 Å². The average molecular weight is 262 g/mol. The third-order valence-electron chi connectivity index (χ3n) is 4.17. The summed E-state index contributed by atoms with van der Waals surface area (Å²) in [7, 11) is 0. The Morgan fingerprint density at radius 1 is 1.37 bits per heavy atom. The maximum atomic E-state index is 12.8. The summed E-state index contributed by atoms with van der Waals surface area (Å²) >= 11 is 0. The fourth-order valence-electron chi connectivity index (χ4n) is 2.94. The first-order valence-electron chi connectivity index (χ1n) is 7.22. The van der Waals surface area contributed by atoms with Crippen LogP contribution in [0.1, 0.15) is 47.4 Å². The molecule has 2 aliphatic rings. The van der Waals surface area contributed by atoms with E-state index in [4.69, 9.17) is 0 Å². The first-order valence-corrected chi connectivity index (χ1v) is 7.22. The topological polar surface area (TPSA) is 61.0 Å². The van der Waals surface area contributed by atoms with Gasteiger partial charge in [-0.15, -0.1) is 0 Å². The Labute approximate surface area is 113 Å². The highest BCUT2D eigenvalue weighted by Crippen LogP contribution is 2.30. The first kappa shape index (κ1) is 12.7. The third-order valence-corrected chi connectivity index (χ3v) is 4.17. The van der Waals surface area contributed by atoms with Gasteiger partial charge in [-0.1, -0.05) is 0 Å². The van der Waals surface area contributed by atoms with E-state index in [0.29, 0.717) is 12.1 Å². The normalized spacial score (nSPS) is 22.7. The highest BCUT2D eigenvalue weighted by Gasteiger charge is 2.36. The second-order valence-corrected chi connectivity index (χ2v) is 5.79. The lowest BCUT2D eigenvalue weighted by atomic mass is 10.1. The number of aromatic amines is 1. The van der Waals surface area contributed by atoms with E-state index in [9.17, 15) is 4.79 Å². The molecule has 0 radical (unpaired) electrons. The lowest BCUT2D eigenvalue weighted by Gasteiger charge is -2.26. The lowest BCUT2D eigenvalue weighted by molar-refractivity contribution is 0.0727. The van der Waals surface area contributed by atoms with Crippen molar-refractivity contribution in [3.8, 4) is 0 Å². The number of nitrogens with one attached hydrogen (secondary N) is 2. The molecule has 2 N–H and O–H groups in total. The van der Waals surface area contributed by atoms with Gasteiger partial charge in [-0.3, -0.25) is 9.89 Å². The van der Waals surface area contributed by atoms with Crippen LogP contribution in [0.5, 0.6) is 0 Å². The summed E-state index contributed by atoms with van der Waals surface area (Å²) < 4.78 is 0. The molecule has 1 amide bonds. The second-order valence-electron chi connectivity index (χ2n) is 5.79. The minimum absolute atomic E-state index is 0.153. The van der Waals surface area contributed by atoms with Crippen LogP contribution in [0.2, 0.25) is 0 Å². The van der Waals surface area contributed by atoms with Crippen molar-refractivity contribution in [3.05, 3.63) is 17.0 Å². The molecule has 5 nitrogen and oxygen atoms in total. The number of hydrogen-bond donors (Lipinski definition) is 2. The van der Waals surface area contributed by atoms with Gasteiger partial charge in [0.15, 0.2) is 0 Å². The van der Waals surface area contributed by atoms with E-state index in [0.717, 1.165) is 42.9 Å². The molecule has 1 atom stereocenters. The summed E-state index contributed by atoms with van der Waals surface area (Å²) in [5.41, 5.74) is 2.46. The van der Waals surface area contributed by atoms with Gasteiger partial charge in [0.1, 0.15) is 0 Å². The van der Waals surface area contributed by atoms with Crippen molar-refractivity contribution in [2.45, 2.75) is 51.6 Å². The molecule has 1 aliphatic carbocycles. The molecular weight excluding hydrogens is 240 g/mol. The number of hydrogen-bond acceptors (Lipinski definition) is 3. The SMILES string of the molecule is Cc1n[nH]c(C)c1C(=O)N(CC1CCCN1)C1CC1. The van der Waals surface area contributed by atoms with Crippen molar-refractivity contribution in [1.29, 1.82) is 0 Å². The van der Waals surface area contributed by atoms with E-state index >= 15 is 0 Å². The molecule has 104 valence electrons. The van der Waals surface area contributed by atoms with Crippen LogP contribution >= 0.6 is 0 Å². The number of aryl methyl sites for hydroxylation is 2. The van der Waals surface area contributed by atoms with Crippen molar-refractivity contribution in [3.63, 3.8) is 0 Å². The van der Waals surface area contributed by atoms with Crippen LogP contribution < -0.4 is 5.32 Å². The van der Waals surface area contributed by atoms with Crippen LogP contribution in [0.3, 0.4) is 0 Å². The molecular formula is C14H22N4O. The minimum atomic E-state index is 0.153. The van der Waals surface area contributed by atoms with Crippen molar-refractivity contribution < 1.29 is 4.79 Å². The van der Waals surface area contributed by atoms with Crippen LogP contribution in [0.25, 0.3) is 0 Å². The van der Waals surface area contributed by atoms with Crippen molar-refractivity contribution in [2.75, 3.05) is 13.1 Å².